The number of ether oxygens (including phenoxy) is 1. The molecule has 0 fully saturated rings. The number of nitrogens with one attached hydrogen (secondary N) is 1. The Labute approximate surface area is 81.5 Å². The van der Waals surface area contributed by atoms with Gasteiger partial charge in [0.25, 0.3) is 0 Å². The molecule has 0 saturated carbocycles. The monoisotopic (exact) mass is 196 g/mol. The van der Waals surface area contributed by atoms with Gasteiger partial charge in [-0.15, -0.1) is 0 Å². The normalized spacial score (nSPS) is 9.57. The fourth-order valence-electron chi connectivity index (χ4n) is 1.05. The van der Waals surface area contributed by atoms with Gasteiger partial charge in [0, 0.05) is 19.1 Å². The smallest absolute Gasteiger partial charge is 0.221 e. The summed E-state index contributed by atoms with van der Waals surface area (Å²) in [5.74, 6) is 0.0529. The van der Waals surface area contributed by atoms with E-state index in [-0.39, 0.29) is 17.3 Å². The average Bonchev–Trinajstić information content (AvgIpc) is 2.09. The quantitative estimate of drug-likeness (QED) is 0.485. The first-order chi connectivity index (χ1) is 6.54. The predicted molar refractivity (Wildman–Crippen MR) is 53.4 cm³/mol. The highest BCUT2D eigenvalue weighted by molar-refractivity contribution is 5.91. The van der Waals surface area contributed by atoms with Gasteiger partial charge >= 0.3 is 0 Å². The van der Waals surface area contributed by atoms with Gasteiger partial charge in [0.15, 0.2) is 0 Å². The number of carbonyl (C=O) groups excluding carboxylic acids is 1. The highest BCUT2D eigenvalue weighted by Gasteiger charge is 2.08. The number of nitrogens with two attached hydrogens (primary N) is 1. The van der Waals surface area contributed by atoms with Gasteiger partial charge in [-0.05, 0) is 0 Å². The molecular formula is C9H12N2O3. The lowest BCUT2D eigenvalue weighted by Gasteiger charge is -2.09. The van der Waals surface area contributed by atoms with Crippen LogP contribution in [-0.4, -0.2) is 18.1 Å². The summed E-state index contributed by atoms with van der Waals surface area (Å²) in [5, 5.41) is 11.9. The molecule has 14 heavy (non-hydrogen) atoms. The summed E-state index contributed by atoms with van der Waals surface area (Å²) in [6.45, 7) is 1.35. The second-order valence-corrected chi connectivity index (χ2v) is 2.79. The summed E-state index contributed by atoms with van der Waals surface area (Å²) in [6, 6.07) is 2.79. The molecule has 4 N–H and O–H groups in total. The van der Waals surface area contributed by atoms with Crippen molar-refractivity contribution in [3.8, 4) is 11.5 Å². The van der Waals surface area contributed by atoms with Crippen molar-refractivity contribution in [3.05, 3.63) is 12.1 Å². The topological polar surface area (TPSA) is 84.6 Å². The second-order valence-electron chi connectivity index (χ2n) is 2.79. The maximum Gasteiger partial charge on any atom is 0.221 e. The number of amides is 1. The van der Waals surface area contributed by atoms with Crippen LogP contribution >= 0.6 is 0 Å². The zero-order valence-electron chi connectivity index (χ0n) is 8.00. The number of hydrogen-bond donors (Lipinski definition) is 3. The maximum absolute atomic E-state index is 10.8. The van der Waals surface area contributed by atoms with Gasteiger partial charge in [0.2, 0.25) is 5.91 Å². The zero-order valence-corrected chi connectivity index (χ0v) is 8.00. The Morgan fingerprint density at radius 3 is 2.71 bits per heavy atom. The van der Waals surface area contributed by atoms with Crippen molar-refractivity contribution in [1.82, 2.24) is 0 Å². The van der Waals surface area contributed by atoms with Gasteiger partial charge in [-0.3, -0.25) is 4.79 Å². The summed E-state index contributed by atoms with van der Waals surface area (Å²) < 4.78 is 4.93. The molecule has 0 bridgehead atoms. The lowest BCUT2D eigenvalue weighted by atomic mass is 10.2. The van der Waals surface area contributed by atoms with Crippen LogP contribution in [0.2, 0.25) is 0 Å². The first kappa shape index (κ1) is 10.2. The van der Waals surface area contributed by atoms with Crippen LogP contribution in [-0.2, 0) is 4.79 Å². The molecule has 5 nitrogen and oxygen atoms in total. The van der Waals surface area contributed by atoms with Gasteiger partial charge in [-0.25, -0.2) is 0 Å². The first-order valence-corrected chi connectivity index (χ1v) is 3.98. The number of benzene rings is 1. The van der Waals surface area contributed by atoms with Gasteiger partial charge < -0.3 is 20.9 Å². The fraction of sp³-hybridized carbons (Fsp3) is 0.222. The third-order valence-electron chi connectivity index (χ3n) is 1.66. The van der Waals surface area contributed by atoms with E-state index in [4.69, 9.17) is 10.5 Å². The second kappa shape index (κ2) is 3.87. The molecule has 0 spiro atoms. The molecule has 1 rings (SSSR count). The van der Waals surface area contributed by atoms with Crippen LogP contribution in [0.25, 0.3) is 0 Å². The Hall–Kier alpha value is -1.91. The molecule has 76 valence electrons. The largest absolute Gasteiger partial charge is 0.506 e. The van der Waals surface area contributed by atoms with E-state index < -0.39 is 0 Å². The van der Waals surface area contributed by atoms with Gasteiger partial charge in [0.05, 0.1) is 18.5 Å². The molecule has 0 saturated heterocycles. The number of anilines is 2. The Kier molecular flexibility index (Phi) is 2.81. The van der Waals surface area contributed by atoms with Crippen molar-refractivity contribution in [2.24, 2.45) is 0 Å². The van der Waals surface area contributed by atoms with Crippen LogP contribution in [0.3, 0.4) is 0 Å². The molecule has 5 heteroatoms. The van der Waals surface area contributed by atoms with Crippen molar-refractivity contribution >= 4 is 17.3 Å². The number of carbonyl (C=O) groups is 1. The van der Waals surface area contributed by atoms with E-state index in [9.17, 15) is 9.90 Å². The van der Waals surface area contributed by atoms with E-state index in [2.05, 4.69) is 5.32 Å². The SMILES string of the molecule is COc1cc(NC(C)=O)c(O)cc1N. The van der Waals surface area contributed by atoms with E-state index in [1.807, 2.05) is 0 Å². The Morgan fingerprint density at radius 1 is 1.57 bits per heavy atom. The molecule has 1 amide bonds. The number of aromatic hydroxyl groups is 1. The predicted octanol–water partition coefficient (Wildman–Crippen LogP) is 0.941. The summed E-state index contributed by atoms with van der Waals surface area (Å²) in [6.07, 6.45) is 0. The van der Waals surface area contributed by atoms with Crippen molar-refractivity contribution < 1.29 is 14.6 Å². The van der Waals surface area contributed by atoms with Gasteiger partial charge in [-0.2, -0.15) is 0 Å². The van der Waals surface area contributed by atoms with Crippen molar-refractivity contribution in [3.63, 3.8) is 0 Å². The van der Waals surface area contributed by atoms with Gasteiger partial charge in [0.1, 0.15) is 11.5 Å². The van der Waals surface area contributed by atoms with E-state index in [1.165, 1.54) is 26.2 Å². The lowest BCUT2D eigenvalue weighted by Crippen LogP contribution is -2.06. The minimum Gasteiger partial charge on any atom is -0.506 e. The number of rotatable bonds is 2. The van der Waals surface area contributed by atoms with Crippen LogP contribution in [0, 0.1) is 0 Å². The first-order valence-electron chi connectivity index (χ1n) is 3.98. The Bertz CT molecular complexity index is 363. The summed E-state index contributed by atoms with van der Waals surface area (Å²) >= 11 is 0. The Balaban J connectivity index is 3.10. The number of methoxy groups -OCH3 is 1. The highest BCUT2D eigenvalue weighted by atomic mass is 16.5. The summed E-state index contributed by atoms with van der Waals surface area (Å²) in [4.78, 5) is 10.8. The summed E-state index contributed by atoms with van der Waals surface area (Å²) in [5.41, 5.74) is 6.13. The third-order valence-corrected chi connectivity index (χ3v) is 1.66. The minimum atomic E-state index is -0.271. The van der Waals surface area contributed by atoms with Crippen LogP contribution in [0.4, 0.5) is 11.4 Å². The minimum absolute atomic E-state index is 0.0847. The maximum atomic E-state index is 10.8. The number of phenolic OH excluding ortho intramolecular Hbond substituents is 1. The van der Waals surface area contributed by atoms with E-state index >= 15 is 0 Å². The van der Waals surface area contributed by atoms with E-state index in [0.717, 1.165) is 0 Å². The molecule has 0 aromatic heterocycles. The van der Waals surface area contributed by atoms with E-state index in [1.54, 1.807) is 0 Å². The molecule has 1 aromatic rings. The highest BCUT2D eigenvalue weighted by Crippen LogP contribution is 2.33. The van der Waals surface area contributed by atoms with Crippen molar-refractivity contribution in [2.75, 3.05) is 18.2 Å². The standard InChI is InChI=1S/C9H12N2O3/c1-5(12)11-7-4-9(14-2)6(10)3-8(7)13/h3-4,13H,10H2,1-2H3,(H,11,12). The lowest BCUT2D eigenvalue weighted by molar-refractivity contribution is -0.114. The molecule has 1 aromatic carbocycles. The van der Waals surface area contributed by atoms with Crippen molar-refractivity contribution in [1.29, 1.82) is 0 Å². The average molecular weight is 196 g/mol. The van der Waals surface area contributed by atoms with Crippen molar-refractivity contribution in [2.45, 2.75) is 6.92 Å². The molecule has 0 radical (unpaired) electrons. The number of phenols is 1. The van der Waals surface area contributed by atoms with Crippen LogP contribution in [0.15, 0.2) is 12.1 Å². The molecular weight excluding hydrogens is 184 g/mol. The molecule has 0 heterocycles. The number of nitrogen functional groups attached to an aromatic ring is 1. The summed E-state index contributed by atoms with van der Waals surface area (Å²) in [7, 11) is 1.46. The Morgan fingerprint density at radius 2 is 2.21 bits per heavy atom. The third kappa shape index (κ3) is 2.07. The zero-order chi connectivity index (χ0) is 10.7. The van der Waals surface area contributed by atoms with Gasteiger partial charge in [-0.1, -0.05) is 0 Å². The molecule has 0 aliphatic heterocycles. The molecule has 0 unspecified atom stereocenters. The van der Waals surface area contributed by atoms with Crippen LogP contribution in [0.1, 0.15) is 6.92 Å². The molecule has 0 aliphatic carbocycles. The van der Waals surface area contributed by atoms with E-state index in [0.29, 0.717) is 11.4 Å². The van der Waals surface area contributed by atoms with Crippen LogP contribution < -0.4 is 15.8 Å². The number of hydrogen-bond acceptors (Lipinski definition) is 4. The fourth-order valence-corrected chi connectivity index (χ4v) is 1.05. The molecule has 0 atom stereocenters. The molecule has 0 aliphatic rings. The van der Waals surface area contributed by atoms with Crippen LogP contribution in [0.5, 0.6) is 11.5 Å².